The third-order valence-electron chi connectivity index (χ3n) is 2.14. The van der Waals surface area contributed by atoms with Crippen LogP contribution >= 0.6 is 0 Å². The highest BCUT2D eigenvalue weighted by atomic mass is 32.2. The molecule has 1 N–H and O–H groups in total. The van der Waals surface area contributed by atoms with Gasteiger partial charge in [0.25, 0.3) is 10.0 Å². The molecule has 1 saturated heterocycles. The van der Waals surface area contributed by atoms with Crippen molar-refractivity contribution < 1.29 is 17.2 Å². The SMILES string of the molecule is CNC1CCN(S(=O)(=O)C(F)F)C1. The first-order valence-corrected chi connectivity index (χ1v) is 5.43. The fourth-order valence-electron chi connectivity index (χ4n) is 1.31. The van der Waals surface area contributed by atoms with E-state index in [0.29, 0.717) is 6.42 Å². The van der Waals surface area contributed by atoms with Gasteiger partial charge in [0.1, 0.15) is 0 Å². The standard InChI is InChI=1S/C6H12F2N2O2S/c1-9-5-2-3-10(4-5)13(11,12)6(7)8/h5-6,9H,2-4H2,1H3. The molecule has 1 atom stereocenters. The molecule has 0 spiro atoms. The molecule has 1 unspecified atom stereocenters. The molecular weight excluding hydrogens is 202 g/mol. The molecule has 7 heteroatoms. The van der Waals surface area contributed by atoms with Crippen LogP contribution in [0.5, 0.6) is 0 Å². The largest absolute Gasteiger partial charge is 0.350 e. The molecule has 1 aliphatic heterocycles. The third kappa shape index (κ3) is 2.15. The molecule has 0 saturated carbocycles. The molecule has 4 nitrogen and oxygen atoms in total. The predicted octanol–water partition coefficient (Wildman–Crippen LogP) is -0.167. The van der Waals surface area contributed by atoms with E-state index in [1.165, 1.54) is 0 Å². The second kappa shape index (κ2) is 3.85. The number of sulfonamides is 1. The van der Waals surface area contributed by atoms with Gasteiger partial charge in [0.05, 0.1) is 0 Å². The minimum Gasteiger partial charge on any atom is -0.316 e. The fourth-order valence-corrected chi connectivity index (χ4v) is 2.28. The number of hydrogen-bond acceptors (Lipinski definition) is 3. The van der Waals surface area contributed by atoms with Crippen LogP contribution in [0.15, 0.2) is 0 Å². The Kier molecular flexibility index (Phi) is 3.20. The van der Waals surface area contributed by atoms with Gasteiger partial charge in [0.15, 0.2) is 0 Å². The number of likely N-dealkylation sites (N-methyl/N-ethyl adjacent to an activating group) is 1. The van der Waals surface area contributed by atoms with Crippen molar-refractivity contribution in [2.75, 3.05) is 20.1 Å². The number of rotatable bonds is 3. The van der Waals surface area contributed by atoms with E-state index in [2.05, 4.69) is 5.32 Å². The van der Waals surface area contributed by atoms with Crippen LogP contribution in [-0.2, 0) is 10.0 Å². The molecular formula is C6H12F2N2O2S. The number of nitrogens with one attached hydrogen (secondary N) is 1. The van der Waals surface area contributed by atoms with Gasteiger partial charge < -0.3 is 5.32 Å². The molecule has 13 heavy (non-hydrogen) atoms. The Labute approximate surface area is 76.0 Å². The minimum atomic E-state index is -4.36. The highest BCUT2D eigenvalue weighted by molar-refractivity contribution is 7.89. The molecule has 0 radical (unpaired) electrons. The Morgan fingerprint density at radius 2 is 2.15 bits per heavy atom. The maximum atomic E-state index is 12.0. The van der Waals surface area contributed by atoms with E-state index in [1.54, 1.807) is 7.05 Å². The van der Waals surface area contributed by atoms with Crippen LogP contribution < -0.4 is 5.32 Å². The molecule has 1 aliphatic rings. The summed E-state index contributed by atoms with van der Waals surface area (Å²) in [7, 11) is -2.68. The van der Waals surface area contributed by atoms with Crippen LogP contribution in [0, 0.1) is 0 Å². The van der Waals surface area contributed by atoms with Gasteiger partial charge in [-0.3, -0.25) is 0 Å². The molecule has 78 valence electrons. The number of alkyl halides is 2. The lowest BCUT2D eigenvalue weighted by molar-refractivity contribution is 0.222. The molecule has 0 aromatic heterocycles. The van der Waals surface area contributed by atoms with Crippen molar-refractivity contribution in [3.8, 4) is 0 Å². The number of hydrogen-bond donors (Lipinski definition) is 1. The van der Waals surface area contributed by atoms with Gasteiger partial charge in [-0.25, -0.2) is 8.42 Å². The summed E-state index contributed by atoms with van der Waals surface area (Å²) in [6.45, 7) is 0.321. The summed E-state index contributed by atoms with van der Waals surface area (Å²) in [6.07, 6.45) is 0.586. The highest BCUT2D eigenvalue weighted by Crippen LogP contribution is 2.18. The van der Waals surface area contributed by atoms with Crippen LogP contribution in [0.1, 0.15) is 6.42 Å². The zero-order valence-electron chi connectivity index (χ0n) is 7.20. The lowest BCUT2D eigenvalue weighted by atomic mass is 10.3. The van der Waals surface area contributed by atoms with E-state index >= 15 is 0 Å². The van der Waals surface area contributed by atoms with Crippen LogP contribution in [0.4, 0.5) is 8.78 Å². The third-order valence-corrected chi connectivity index (χ3v) is 3.65. The summed E-state index contributed by atoms with van der Waals surface area (Å²) in [5.41, 5.74) is 0. The molecule has 0 amide bonds. The number of halogens is 2. The zero-order chi connectivity index (χ0) is 10.1. The first kappa shape index (κ1) is 10.8. The Morgan fingerprint density at radius 1 is 1.54 bits per heavy atom. The van der Waals surface area contributed by atoms with Crippen molar-refractivity contribution in [2.45, 2.75) is 18.2 Å². The highest BCUT2D eigenvalue weighted by Gasteiger charge is 2.36. The van der Waals surface area contributed by atoms with Crippen molar-refractivity contribution in [1.82, 2.24) is 9.62 Å². The molecule has 0 aromatic carbocycles. The Bertz CT molecular complexity index is 268. The normalized spacial score (nSPS) is 25.7. The molecule has 0 aromatic rings. The Balaban J connectivity index is 2.66. The first-order chi connectivity index (χ1) is 5.98. The van der Waals surface area contributed by atoms with E-state index in [4.69, 9.17) is 0 Å². The second-order valence-corrected chi connectivity index (χ2v) is 4.84. The lowest BCUT2D eigenvalue weighted by Gasteiger charge is -2.15. The molecule has 1 fully saturated rings. The van der Waals surface area contributed by atoms with Gasteiger partial charge in [0.2, 0.25) is 0 Å². The quantitative estimate of drug-likeness (QED) is 0.709. The van der Waals surface area contributed by atoms with E-state index in [-0.39, 0.29) is 19.1 Å². The first-order valence-electron chi connectivity index (χ1n) is 3.93. The molecule has 0 aliphatic carbocycles. The lowest BCUT2D eigenvalue weighted by Crippen LogP contribution is -2.36. The monoisotopic (exact) mass is 214 g/mol. The molecule has 1 heterocycles. The van der Waals surface area contributed by atoms with Crippen LogP contribution in [0.3, 0.4) is 0 Å². The van der Waals surface area contributed by atoms with Crippen molar-refractivity contribution in [3.05, 3.63) is 0 Å². The van der Waals surface area contributed by atoms with Crippen molar-refractivity contribution >= 4 is 10.0 Å². The van der Waals surface area contributed by atoms with Crippen LogP contribution in [-0.4, -0.2) is 44.7 Å². The molecule has 0 bridgehead atoms. The topological polar surface area (TPSA) is 49.4 Å². The van der Waals surface area contributed by atoms with E-state index < -0.39 is 15.8 Å². The van der Waals surface area contributed by atoms with Gasteiger partial charge in [0, 0.05) is 19.1 Å². The average Bonchev–Trinajstić information content (AvgIpc) is 2.51. The predicted molar refractivity (Wildman–Crippen MR) is 44.0 cm³/mol. The minimum absolute atomic E-state index is 0.00600. The summed E-state index contributed by atoms with van der Waals surface area (Å²) in [6, 6.07) is -0.00600. The van der Waals surface area contributed by atoms with E-state index in [0.717, 1.165) is 4.31 Å². The van der Waals surface area contributed by atoms with E-state index in [9.17, 15) is 17.2 Å². The summed E-state index contributed by atoms with van der Waals surface area (Å²) >= 11 is 0. The van der Waals surface area contributed by atoms with Gasteiger partial charge in [-0.15, -0.1) is 0 Å². The van der Waals surface area contributed by atoms with Crippen LogP contribution in [0.25, 0.3) is 0 Å². The zero-order valence-corrected chi connectivity index (χ0v) is 8.02. The van der Waals surface area contributed by atoms with Crippen LogP contribution in [0.2, 0.25) is 0 Å². The van der Waals surface area contributed by atoms with Gasteiger partial charge in [-0.2, -0.15) is 13.1 Å². The van der Waals surface area contributed by atoms with E-state index in [1.807, 2.05) is 0 Å². The van der Waals surface area contributed by atoms with Gasteiger partial charge in [-0.05, 0) is 13.5 Å². The number of nitrogens with zero attached hydrogens (tertiary/aromatic N) is 1. The smallest absolute Gasteiger partial charge is 0.316 e. The van der Waals surface area contributed by atoms with Crippen molar-refractivity contribution in [1.29, 1.82) is 0 Å². The van der Waals surface area contributed by atoms with Crippen molar-refractivity contribution in [3.63, 3.8) is 0 Å². The van der Waals surface area contributed by atoms with Gasteiger partial charge >= 0.3 is 5.76 Å². The summed E-state index contributed by atoms with van der Waals surface area (Å²) in [5, 5.41) is 2.85. The Hall–Kier alpha value is -0.270. The average molecular weight is 214 g/mol. The maximum Gasteiger partial charge on any atom is 0.350 e. The maximum absolute atomic E-state index is 12.0. The summed E-state index contributed by atoms with van der Waals surface area (Å²) < 4.78 is 46.8. The van der Waals surface area contributed by atoms with Crippen molar-refractivity contribution in [2.24, 2.45) is 0 Å². The Morgan fingerprint density at radius 3 is 2.54 bits per heavy atom. The summed E-state index contributed by atoms with van der Waals surface area (Å²) in [5.74, 6) is -3.30. The second-order valence-electron chi connectivity index (χ2n) is 2.94. The van der Waals surface area contributed by atoms with Gasteiger partial charge in [-0.1, -0.05) is 0 Å². The fraction of sp³-hybridized carbons (Fsp3) is 1.00. The molecule has 1 rings (SSSR count). The summed E-state index contributed by atoms with van der Waals surface area (Å²) in [4.78, 5) is 0.